The van der Waals surface area contributed by atoms with Gasteiger partial charge in [-0.05, 0) is 0 Å². The van der Waals surface area contributed by atoms with Gasteiger partial charge < -0.3 is 10.3 Å². The van der Waals surface area contributed by atoms with E-state index in [1.54, 1.807) is 37.6 Å². The smallest absolute Gasteiger partial charge is 0.326 e. The van der Waals surface area contributed by atoms with E-state index in [9.17, 15) is 9.18 Å². The molecular formula is C12H14FN3O. The third-order valence-corrected chi connectivity index (χ3v) is 2.74. The van der Waals surface area contributed by atoms with Crippen molar-refractivity contribution in [3.63, 3.8) is 0 Å². The van der Waals surface area contributed by atoms with Crippen molar-refractivity contribution in [2.24, 2.45) is 12.8 Å². The third-order valence-electron chi connectivity index (χ3n) is 2.74. The van der Waals surface area contributed by atoms with Gasteiger partial charge in [-0.2, -0.15) is 0 Å². The van der Waals surface area contributed by atoms with Crippen molar-refractivity contribution >= 4 is 0 Å². The Morgan fingerprint density at radius 1 is 1.29 bits per heavy atom. The van der Waals surface area contributed by atoms with Crippen LogP contribution in [0.1, 0.15) is 11.1 Å². The van der Waals surface area contributed by atoms with Crippen LogP contribution in [0.5, 0.6) is 0 Å². The zero-order valence-electron chi connectivity index (χ0n) is 9.56. The molecule has 4 nitrogen and oxygen atoms in total. The van der Waals surface area contributed by atoms with E-state index in [2.05, 4.69) is 0 Å². The average Bonchev–Trinajstić information content (AvgIpc) is 2.64. The number of aromatic nitrogens is 2. The lowest BCUT2D eigenvalue weighted by Gasteiger charge is -2.07. The second-order valence-corrected chi connectivity index (χ2v) is 3.91. The summed E-state index contributed by atoms with van der Waals surface area (Å²) in [7, 11) is 1.66. The van der Waals surface area contributed by atoms with Gasteiger partial charge in [-0.3, -0.25) is 4.57 Å². The number of benzene rings is 1. The topological polar surface area (TPSA) is 52.9 Å². The summed E-state index contributed by atoms with van der Waals surface area (Å²) in [5, 5.41) is 0. The van der Waals surface area contributed by atoms with E-state index in [1.165, 1.54) is 9.13 Å². The van der Waals surface area contributed by atoms with Gasteiger partial charge in [0.1, 0.15) is 5.82 Å². The molecule has 1 heterocycles. The summed E-state index contributed by atoms with van der Waals surface area (Å²) in [6, 6.07) is 5.05. The Kier molecular flexibility index (Phi) is 3.10. The molecule has 0 atom stereocenters. The molecule has 0 fully saturated rings. The van der Waals surface area contributed by atoms with Gasteiger partial charge in [0, 0.05) is 37.1 Å². The summed E-state index contributed by atoms with van der Waals surface area (Å²) in [5.74, 6) is -0.328. The standard InChI is InChI=1S/C12H14FN3O/c1-15-5-6-16(12(15)17)8-10-4-2-3-9(7-14)11(10)13/h2-6H,7-8,14H2,1H3. The van der Waals surface area contributed by atoms with Crippen LogP contribution in [0, 0.1) is 5.82 Å². The second kappa shape index (κ2) is 4.55. The van der Waals surface area contributed by atoms with Crippen LogP contribution in [0.2, 0.25) is 0 Å². The number of nitrogens with two attached hydrogens (primary N) is 1. The molecule has 0 aliphatic rings. The fourth-order valence-corrected chi connectivity index (χ4v) is 1.73. The van der Waals surface area contributed by atoms with Crippen LogP contribution in [0.4, 0.5) is 4.39 Å². The molecule has 0 radical (unpaired) electrons. The molecule has 2 N–H and O–H groups in total. The van der Waals surface area contributed by atoms with Crippen molar-refractivity contribution in [3.05, 3.63) is 58.0 Å². The highest BCUT2D eigenvalue weighted by atomic mass is 19.1. The number of aryl methyl sites for hydroxylation is 1. The maximum absolute atomic E-state index is 13.9. The largest absolute Gasteiger partial charge is 0.328 e. The highest BCUT2D eigenvalue weighted by Crippen LogP contribution is 2.13. The molecule has 0 saturated heterocycles. The van der Waals surface area contributed by atoms with Crippen LogP contribution in [-0.2, 0) is 20.1 Å². The van der Waals surface area contributed by atoms with Crippen LogP contribution in [0.25, 0.3) is 0 Å². The number of halogens is 1. The highest BCUT2D eigenvalue weighted by molar-refractivity contribution is 5.26. The molecule has 17 heavy (non-hydrogen) atoms. The van der Waals surface area contributed by atoms with Gasteiger partial charge in [0.05, 0.1) is 6.54 Å². The Bertz CT molecular complexity index is 586. The molecule has 0 saturated carbocycles. The van der Waals surface area contributed by atoms with Gasteiger partial charge >= 0.3 is 5.69 Å². The fourth-order valence-electron chi connectivity index (χ4n) is 1.73. The zero-order valence-corrected chi connectivity index (χ0v) is 9.56. The molecule has 5 heteroatoms. The Hall–Kier alpha value is -1.88. The summed E-state index contributed by atoms with van der Waals surface area (Å²) >= 11 is 0. The Labute approximate surface area is 98.1 Å². The van der Waals surface area contributed by atoms with Crippen LogP contribution >= 0.6 is 0 Å². The van der Waals surface area contributed by atoms with Gasteiger partial charge in [-0.1, -0.05) is 18.2 Å². The molecule has 0 bridgehead atoms. The Balaban J connectivity index is 2.37. The van der Waals surface area contributed by atoms with E-state index in [1.807, 2.05) is 0 Å². The summed E-state index contributed by atoms with van der Waals surface area (Å²) in [6.07, 6.45) is 3.28. The Morgan fingerprint density at radius 3 is 2.59 bits per heavy atom. The van der Waals surface area contributed by atoms with E-state index in [0.29, 0.717) is 11.1 Å². The van der Waals surface area contributed by atoms with E-state index in [4.69, 9.17) is 5.73 Å². The molecule has 1 aromatic heterocycles. The molecule has 0 spiro atoms. The minimum atomic E-state index is -0.328. The zero-order chi connectivity index (χ0) is 12.4. The lowest BCUT2D eigenvalue weighted by molar-refractivity contribution is 0.579. The van der Waals surface area contributed by atoms with Gasteiger partial charge in [0.15, 0.2) is 0 Å². The first kappa shape index (κ1) is 11.6. The lowest BCUT2D eigenvalue weighted by atomic mass is 10.1. The van der Waals surface area contributed by atoms with Gasteiger partial charge in [0.25, 0.3) is 0 Å². The fraction of sp³-hybridized carbons (Fsp3) is 0.250. The minimum Gasteiger partial charge on any atom is -0.326 e. The van der Waals surface area contributed by atoms with E-state index < -0.39 is 0 Å². The first-order valence-corrected chi connectivity index (χ1v) is 5.31. The molecule has 2 rings (SSSR count). The minimum absolute atomic E-state index is 0.156. The van der Waals surface area contributed by atoms with Crippen molar-refractivity contribution < 1.29 is 4.39 Å². The van der Waals surface area contributed by atoms with Gasteiger partial charge in [-0.15, -0.1) is 0 Å². The predicted molar refractivity (Wildman–Crippen MR) is 63.1 cm³/mol. The molecular weight excluding hydrogens is 221 g/mol. The van der Waals surface area contributed by atoms with Crippen LogP contribution in [0.3, 0.4) is 0 Å². The SMILES string of the molecule is Cn1ccn(Cc2cccc(CN)c2F)c1=O. The first-order chi connectivity index (χ1) is 8.13. The maximum atomic E-state index is 13.9. The van der Waals surface area contributed by atoms with Crippen LogP contribution in [-0.4, -0.2) is 9.13 Å². The van der Waals surface area contributed by atoms with Crippen molar-refractivity contribution in [1.29, 1.82) is 0 Å². The molecule has 0 unspecified atom stereocenters. The lowest BCUT2D eigenvalue weighted by Crippen LogP contribution is -2.22. The van der Waals surface area contributed by atoms with Crippen LogP contribution < -0.4 is 11.4 Å². The van der Waals surface area contributed by atoms with Crippen LogP contribution in [0.15, 0.2) is 35.4 Å². The summed E-state index contributed by atoms with van der Waals surface area (Å²) < 4.78 is 16.8. The first-order valence-electron chi connectivity index (χ1n) is 5.31. The Morgan fingerprint density at radius 2 is 2.00 bits per heavy atom. The van der Waals surface area contributed by atoms with Gasteiger partial charge in [0.2, 0.25) is 0 Å². The number of imidazole rings is 1. The molecule has 90 valence electrons. The third kappa shape index (κ3) is 2.14. The number of hydrogen-bond donors (Lipinski definition) is 1. The van der Waals surface area contributed by atoms with E-state index >= 15 is 0 Å². The molecule has 2 aromatic rings. The number of nitrogens with zero attached hydrogens (tertiary/aromatic N) is 2. The monoisotopic (exact) mass is 235 g/mol. The molecule has 0 amide bonds. The molecule has 1 aromatic carbocycles. The normalized spacial score (nSPS) is 10.8. The van der Waals surface area contributed by atoms with E-state index in [0.717, 1.165) is 0 Å². The number of rotatable bonds is 3. The summed E-state index contributed by atoms with van der Waals surface area (Å²) in [5.41, 5.74) is 6.21. The highest BCUT2D eigenvalue weighted by Gasteiger charge is 2.08. The number of hydrogen-bond acceptors (Lipinski definition) is 2. The average molecular weight is 235 g/mol. The van der Waals surface area contributed by atoms with Crippen molar-refractivity contribution in [2.75, 3.05) is 0 Å². The summed E-state index contributed by atoms with van der Waals surface area (Å²) in [4.78, 5) is 11.6. The van der Waals surface area contributed by atoms with Crippen molar-refractivity contribution in [3.8, 4) is 0 Å². The maximum Gasteiger partial charge on any atom is 0.328 e. The van der Waals surface area contributed by atoms with E-state index in [-0.39, 0.29) is 24.6 Å². The van der Waals surface area contributed by atoms with Crippen molar-refractivity contribution in [1.82, 2.24) is 9.13 Å². The quantitative estimate of drug-likeness (QED) is 0.856. The molecule has 0 aliphatic heterocycles. The van der Waals surface area contributed by atoms with Gasteiger partial charge in [-0.25, -0.2) is 9.18 Å². The summed E-state index contributed by atoms with van der Waals surface area (Å²) in [6.45, 7) is 0.378. The second-order valence-electron chi connectivity index (χ2n) is 3.91. The van der Waals surface area contributed by atoms with Crippen molar-refractivity contribution in [2.45, 2.75) is 13.1 Å². The predicted octanol–water partition coefficient (Wildman–Crippen LogP) is 0.833. The molecule has 0 aliphatic carbocycles.